The van der Waals surface area contributed by atoms with Crippen molar-refractivity contribution < 1.29 is 9.84 Å². The number of rotatable bonds is 4. The van der Waals surface area contributed by atoms with Gasteiger partial charge in [0.2, 0.25) is 0 Å². The monoisotopic (exact) mass is 196 g/mol. The molecule has 1 N–H and O–H groups in total. The van der Waals surface area contributed by atoms with Crippen molar-refractivity contribution >= 4 is 0 Å². The smallest absolute Gasteiger partial charge is 0.124 e. The number of aliphatic hydroxyl groups excluding tert-OH is 1. The first-order valence-electron chi connectivity index (χ1n) is 5.82. The summed E-state index contributed by atoms with van der Waals surface area (Å²) in [5.41, 5.74) is -0.178. The van der Waals surface area contributed by atoms with Crippen LogP contribution in [0.4, 0.5) is 0 Å². The summed E-state index contributed by atoms with van der Waals surface area (Å²) in [6.07, 6.45) is 10.8. The Morgan fingerprint density at radius 1 is 1.57 bits per heavy atom. The van der Waals surface area contributed by atoms with E-state index in [4.69, 9.17) is 4.74 Å². The van der Waals surface area contributed by atoms with Crippen LogP contribution in [-0.2, 0) is 4.74 Å². The molecule has 0 spiro atoms. The third kappa shape index (κ3) is 1.73. The maximum Gasteiger partial charge on any atom is 0.124 e. The van der Waals surface area contributed by atoms with Crippen LogP contribution in [0.2, 0.25) is 0 Å². The molecule has 1 aliphatic heterocycles. The second kappa shape index (κ2) is 4.03. The molecule has 2 fully saturated rings. The minimum Gasteiger partial charge on any atom is -0.386 e. The van der Waals surface area contributed by atoms with Gasteiger partial charge in [0.25, 0.3) is 0 Å². The summed E-state index contributed by atoms with van der Waals surface area (Å²) in [5, 5.41) is 9.99. The van der Waals surface area contributed by atoms with Crippen LogP contribution in [0.25, 0.3) is 0 Å². The van der Waals surface area contributed by atoms with Crippen molar-refractivity contribution in [2.45, 2.75) is 63.3 Å². The van der Waals surface area contributed by atoms with E-state index in [0.29, 0.717) is 6.10 Å². The first-order valence-corrected chi connectivity index (χ1v) is 5.82. The highest BCUT2D eigenvalue weighted by Crippen LogP contribution is 2.50. The highest BCUT2D eigenvalue weighted by molar-refractivity contribution is 5.15. The van der Waals surface area contributed by atoms with Gasteiger partial charge in [-0.15, -0.1) is 0 Å². The molecule has 0 amide bonds. The van der Waals surface area contributed by atoms with Gasteiger partial charge in [-0.3, -0.25) is 0 Å². The van der Waals surface area contributed by atoms with Crippen LogP contribution in [0.15, 0.2) is 12.2 Å². The van der Waals surface area contributed by atoms with Gasteiger partial charge in [0.1, 0.15) is 11.7 Å². The van der Waals surface area contributed by atoms with Gasteiger partial charge in [-0.2, -0.15) is 0 Å². The number of unbranched alkanes of at least 4 members (excludes halogenated alkanes) is 1. The molecule has 3 atom stereocenters. The van der Waals surface area contributed by atoms with Crippen molar-refractivity contribution in [3.05, 3.63) is 12.2 Å². The number of ether oxygens (including phenoxy) is 1. The molecule has 2 nitrogen and oxygen atoms in total. The van der Waals surface area contributed by atoms with E-state index in [2.05, 4.69) is 13.0 Å². The first-order chi connectivity index (χ1) is 6.79. The maximum atomic E-state index is 9.99. The second-order valence-corrected chi connectivity index (χ2v) is 4.47. The predicted octanol–water partition coefficient (Wildman–Crippen LogP) is 2.42. The molecule has 0 aromatic carbocycles. The molecule has 1 heterocycles. The summed E-state index contributed by atoms with van der Waals surface area (Å²) in [6, 6.07) is 0. The van der Waals surface area contributed by atoms with E-state index in [1.807, 2.05) is 6.08 Å². The topological polar surface area (TPSA) is 32.8 Å². The van der Waals surface area contributed by atoms with Crippen molar-refractivity contribution in [1.82, 2.24) is 0 Å². The number of allylic oxidation sites excluding steroid dienone is 1. The molecule has 0 bridgehead atoms. The lowest BCUT2D eigenvalue weighted by Gasteiger charge is -2.20. The minimum atomic E-state index is -0.376. The first kappa shape index (κ1) is 10.2. The van der Waals surface area contributed by atoms with Gasteiger partial charge in [-0.1, -0.05) is 38.3 Å². The lowest BCUT2D eigenvalue weighted by Crippen LogP contribution is -2.32. The lowest BCUT2D eigenvalue weighted by molar-refractivity contribution is 0.104. The Balaban J connectivity index is 1.88. The van der Waals surface area contributed by atoms with Crippen molar-refractivity contribution in [3.63, 3.8) is 0 Å². The maximum absolute atomic E-state index is 9.99. The third-order valence-corrected chi connectivity index (χ3v) is 3.41. The molecule has 1 unspecified atom stereocenters. The van der Waals surface area contributed by atoms with Crippen LogP contribution >= 0.6 is 0 Å². The fourth-order valence-corrected chi connectivity index (χ4v) is 2.45. The molecule has 80 valence electrons. The highest BCUT2D eigenvalue weighted by Gasteiger charge is 2.60. The van der Waals surface area contributed by atoms with Crippen LogP contribution in [-0.4, -0.2) is 22.9 Å². The average molecular weight is 196 g/mol. The summed E-state index contributed by atoms with van der Waals surface area (Å²) in [5.74, 6) is 0. The van der Waals surface area contributed by atoms with Crippen LogP contribution in [0.5, 0.6) is 0 Å². The van der Waals surface area contributed by atoms with E-state index in [0.717, 1.165) is 25.7 Å². The van der Waals surface area contributed by atoms with E-state index in [-0.39, 0.29) is 11.7 Å². The zero-order valence-electron chi connectivity index (χ0n) is 8.91. The predicted molar refractivity (Wildman–Crippen MR) is 56.1 cm³/mol. The summed E-state index contributed by atoms with van der Waals surface area (Å²) >= 11 is 0. The molecule has 14 heavy (non-hydrogen) atoms. The zero-order chi connectivity index (χ0) is 10.0. The summed E-state index contributed by atoms with van der Waals surface area (Å²) < 4.78 is 5.66. The van der Waals surface area contributed by atoms with E-state index in [1.165, 1.54) is 12.8 Å². The van der Waals surface area contributed by atoms with Crippen molar-refractivity contribution in [3.8, 4) is 0 Å². The van der Waals surface area contributed by atoms with Crippen LogP contribution in [0, 0.1) is 0 Å². The minimum absolute atomic E-state index is 0.178. The summed E-state index contributed by atoms with van der Waals surface area (Å²) in [6.45, 7) is 2.14. The number of fused-ring (bicyclic) bond motifs is 1. The van der Waals surface area contributed by atoms with Gasteiger partial charge >= 0.3 is 0 Å². The zero-order valence-corrected chi connectivity index (χ0v) is 8.91. The van der Waals surface area contributed by atoms with Gasteiger partial charge in [-0.05, 0) is 19.3 Å². The van der Waals surface area contributed by atoms with Crippen molar-refractivity contribution in [2.75, 3.05) is 0 Å². The molecular formula is C12H20O2. The van der Waals surface area contributed by atoms with E-state index >= 15 is 0 Å². The van der Waals surface area contributed by atoms with E-state index in [1.54, 1.807) is 0 Å². The van der Waals surface area contributed by atoms with Gasteiger partial charge in [0, 0.05) is 0 Å². The quantitative estimate of drug-likeness (QED) is 0.553. The molecule has 0 aromatic heterocycles. The Bertz CT molecular complexity index is 224. The van der Waals surface area contributed by atoms with Crippen LogP contribution in [0.3, 0.4) is 0 Å². The number of aliphatic hydroxyl groups is 1. The summed E-state index contributed by atoms with van der Waals surface area (Å²) in [4.78, 5) is 0. The van der Waals surface area contributed by atoms with Crippen LogP contribution in [0.1, 0.15) is 45.4 Å². The Morgan fingerprint density at radius 2 is 2.43 bits per heavy atom. The Morgan fingerprint density at radius 3 is 3.14 bits per heavy atom. The van der Waals surface area contributed by atoms with E-state index < -0.39 is 0 Å². The number of hydrogen-bond acceptors (Lipinski definition) is 2. The van der Waals surface area contributed by atoms with Gasteiger partial charge in [-0.25, -0.2) is 0 Å². The number of epoxide rings is 1. The molecule has 1 aliphatic carbocycles. The molecule has 2 rings (SSSR count). The van der Waals surface area contributed by atoms with Crippen molar-refractivity contribution in [2.24, 2.45) is 0 Å². The van der Waals surface area contributed by atoms with Crippen LogP contribution < -0.4 is 0 Å². The fourth-order valence-electron chi connectivity index (χ4n) is 2.45. The Kier molecular flexibility index (Phi) is 2.93. The molecule has 2 aliphatic rings. The van der Waals surface area contributed by atoms with E-state index in [9.17, 15) is 5.11 Å². The molecule has 1 saturated heterocycles. The lowest BCUT2D eigenvalue weighted by atomic mass is 9.85. The molecule has 1 saturated carbocycles. The summed E-state index contributed by atoms with van der Waals surface area (Å²) in [7, 11) is 0. The molecule has 2 heteroatoms. The van der Waals surface area contributed by atoms with Gasteiger partial charge < -0.3 is 9.84 Å². The Labute approximate surface area is 86.0 Å². The van der Waals surface area contributed by atoms with Gasteiger partial charge in [0.15, 0.2) is 0 Å². The molecular weight excluding hydrogens is 176 g/mol. The SMILES string of the molecule is CCC/C=C/[C@H](O)[C@@]12CCCCC1O2. The fraction of sp³-hybridized carbons (Fsp3) is 0.833. The molecule has 0 aromatic rings. The standard InChI is InChI=1S/C12H20O2/c1-2-3-4-7-10(13)12-9-6-5-8-11(12)14-12/h4,7,10-11,13H,2-3,5-6,8-9H2,1H3/b7-4+/t10-,11?,12-/m0/s1. The van der Waals surface area contributed by atoms with Gasteiger partial charge in [0.05, 0.1) is 6.10 Å². The third-order valence-electron chi connectivity index (χ3n) is 3.41. The number of hydrogen-bond donors (Lipinski definition) is 1. The Hall–Kier alpha value is -0.340. The normalized spacial score (nSPS) is 38.3. The second-order valence-electron chi connectivity index (χ2n) is 4.47. The highest BCUT2D eigenvalue weighted by atomic mass is 16.6. The average Bonchev–Trinajstić information content (AvgIpc) is 2.93. The molecule has 0 radical (unpaired) electrons. The van der Waals surface area contributed by atoms with Crippen molar-refractivity contribution in [1.29, 1.82) is 0 Å². The largest absolute Gasteiger partial charge is 0.386 e.